The summed E-state index contributed by atoms with van der Waals surface area (Å²) in [6, 6.07) is 31.5. The lowest BCUT2D eigenvalue weighted by atomic mass is 9.55. The lowest BCUT2D eigenvalue weighted by Crippen LogP contribution is -2.56. The second kappa shape index (κ2) is 13.7. The number of hydrogen-bond acceptors (Lipinski definition) is 4. The van der Waals surface area contributed by atoms with Crippen LogP contribution in [0.3, 0.4) is 0 Å². The zero-order valence-electron chi connectivity index (χ0n) is 31.4. The summed E-state index contributed by atoms with van der Waals surface area (Å²) in [5, 5.41) is 1.13. The van der Waals surface area contributed by atoms with Crippen molar-refractivity contribution in [1.29, 1.82) is 0 Å². The van der Waals surface area contributed by atoms with Gasteiger partial charge < -0.3 is 0 Å². The molecule has 0 aliphatic heterocycles. The van der Waals surface area contributed by atoms with Crippen LogP contribution in [0, 0.1) is 35.5 Å². The molecule has 8 saturated carbocycles. The van der Waals surface area contributed by atoms with E-state index in [-0.39, 0.29) is 7.92 Å². The maximum absolute atomic E-state index is 4.88. The number of hydrogen-bond donors (Lipinski definition) is 0. The first-order valence-corrected chi connectivity index (χ1v) is 24.0. The Morgan fingerprint density at radius 2 is 0.796 bits per heavy atom. The number of aromatic nitrogens is 4. The van der Waals surface area contributed by atoms with Crippen molar-refractivity contribution in [3.05, 3.63) is 121 Å². The van der Waals surface area contributed by atoms with E-state index in [9.17, 15) is 0 Å². The fourth-order valence-corrected chi connectivity index (χ4v) is 20.9. The van der Waals surface area contributed by atoms with Gasteiger partial charge in [0.2, 0.25) is 0 Å². The van der Waals surface area contributed by atoms with E-state index < -0.39 is 7.92 Å². The minimum absolute atomic E-state index is 0.235. The molecule has 274 valence electrons. The molecular formula is C48H52N4P2. The molecular weight excluding hydrogens is 695 g/mol. The summed E-state index contributed by atoms with van der Waals surface area (Å²) in [5.74, 6) is 5.88. The SMILES string of the molecule is c1ccc(-c2cc(CP(c3ncccn3)c3ncccn3)c(CP(C34CC5CC(CC(C5)C3)C4)C34CC5CC(CC(C5)C3)C4)cc2-c2ccccc2)cc1. The van der Waals surface area contributed by atoms with Gasteiger partial charge >= 0.3 is 0 Å². The Morgan fingerprint density at radius 3 is 1.17 bits per heavy atom. The zero-order chi connectivity index (χ0) is 35.7. The van der Waals surface area contributed by atoms with Gasteiger partial charge in [0.1, 0.15) is 0 Å². The van der Waals surface area contributed by atoms with Crippen molar-refractivity contribution < 1.29 is 0 Å². The van der Waals surface area contributed by atoms with Crippen molar-refractivity contribution in [1.82, 2.24) is 19.9 Å². The first-order chi connectivity index (χ1) is 26.6. The average molecular weight is 747 g/mol. The summed E-state index contributed by atoms with van der Waals surface area (Å²) in [4.78, 5) is 19.5. The van der Waals surface area contributed by atoms with Crippen LogP contribution < -0.4 is 11.1 Å². The van der Waals surface area contributed by atoms with E-state index in [4.69, 9.17) is 19.9 Å². The normalized spacial score (nSPS) is 32.3. The highest BCUT2D eigenvalue weighted by Gasteiger charge is 2.62. The lowest BCUT2D eigenvalue weighted by molar-refractivity contribution is 0.0184. The summed E-state index contributed by atoms with van der Waals surface area (Å²) in [6.07, 6.45) is 28.0. The lowest BCUT2D eigenvalue weighted by Gasteiger charge is -2.67. The van der Waals surface area contributed by atoms with Crippen molar-refractivity contribution in [2.75, 3.05) is 0 Å². The minimum Gasteiger partial charge on any atom is -0.237 e. The molecule has 13 rings (SSSR count). The highest BCUT2D eigenvalue weighted by Crippen LogP contribution is 2.79. The van der Waals surface area contributed by atoms with Gasteiger partial charge in [0.15, 0.2) is 11.1 Å². The monoisotopic (exact) mass is 746 g/mol. The Hall–Kier alpha value is -3.32. The standard InChI is InChI=1S/C48H52N4P2/c1-3-9-39(10-4-1)43-23-41(31-53(45-49-13-7-14-50-45)46-51-15-8-16-52-46)42(24-44(43)40-11-5-2-6-12-40)32-54(47-25-33-17-34(26-47)19-35(18-33)27-47)48-28-36-20-37(29-48)22-38(21-36)30-48/h1-16,23-24,33-38H,17-22,25-32H2. The minimum atomic E-state index is -1.00. The Kier molecular flexibility index (Phi) is 8.62. The molecule has 6 heteroatoms. The van der Waals surface area contributed by atoms with E-state index >= 15 is 0 Å². The summed E-state index contributed by atoms with van der Waals surface area (Å²) in [6.45, 7) is 0. The second-order valence-electron chi connectivity index (χ2n) is 18.5. The zero-order valence-corrected chi connectivity index (χ0v) is 33.2. The fraction of sp³-hybridized carbons (Fsp3) is 0.458. The molecule has 2 heterocycles. The Bertz CT molecular complexity index is 1950. The highest BCUT2D eigenvalue weighted by molar-refractivity contribution is 7.71. The first kappa shape index (κ1) is 34.0. The van der Waals surface area contributed by atoms with Gasteiger partial charge in [-0.15, -0.1) is 0 Å². The van der Waals surface area contributed by atoms with Gasteiger partial charge in [-0.2, -0.15) is 0 Å². The molecule has 5 aromatic rings. The molecule has 3 aromatic carbocycles. The molecule has 4 nitrogen and oxygen atoms in total. The van der Waals surface area contributed by atoms with Crippen LogP contribution in [0.25, 0.3) is 22.3 Å². The van der Waals surface area contributed by atoms with Crippen molar-refractivity contribution in [3.8, 4) is 22.3 Å². The quantitative estimate of drug-likeness (QED) is 0.134. The first-order valence-electron chi connectivity index (χ1n) is 20.9. The van der Waals surface area contributed by atoms with Gasteiger partial charge in [-0.05, 0) is 187 Å². The summed E-state index contributed by atoms with van der Waals surface area (Å²) < 4.78 is 0. The number of rotatable bonds is 10. The van der Waals surface area contributed by atoms with Crippen LogP contribution in [0.5, 0.6) is 0 Å². The second-order valence-corrected chi connectivity index (χ2v) is 23.5. The molecule has 0 saturated heterocycles. The van der Waals surface area contributed by atoms with Crippen molar-refractivity contribution >= 4 is 27.0 Å². The third-order valence-electron chi connectivity index (χ3n) is 14.9. The van der Waals surface area contributed by atoms with Gasteiger partial charge in [0.25, 0.3) is 0 Å². The van der Waals surface area contributed by atoms with Gasteiger partial charge in [0, 0.05) is 38.9 Å². The van der Waals surface area contributed by atoms with Gasteiger partial charge in [-0.1, -0.05) is 68.6 Å². The molecule has 0 spiro atoms. The average Bonchev–Trinajstić information content (AvgIpc) is 3.19. The Labute approximate surface area is 324 Å². The number of nitrogens with zero attached hydrogens (tertiary/aromatic N) is 4. The highest BCUT2D eigenvalue weighted by atomic mass is 31.1. The van der Waals surface area contributed by atoms with Crippen LogP contribution in [0.2, 0.25) is 0 Å². The van der Waals surface area contributed by atoms with Gasteiger partial charge in [-0.3, -0.25) is 0 Å². The number of benzene rings is 3. The topological polar surface area (TPSA) is 51.6 Å². The van der Waals surface area contributed by atoms with E-state index in [0.717, 1.165) is 52.8 Å². The van der Waals surface area contributed by atoms with Crippen LogP contribution in [-0.2, 0) is 12.3 Å². The molecule has 8 fully saturated rings. The van der Waals surface area contributed by atoms with Crippen LogP contribution in [-0.4, -0.2) is 30.2 Å². The molecule has 8 bridgehead atoms. The largest absolute Gasteiger partial charge is 0.237 e. The predicted octanol–water partition coefficient (Wildman–Crippen LogP) is 11.2. The Balaban J connectivity index is 1.10. The molecule has 8 aliphatic carbocycles. The van der Waals surface area contributed by atoms with Crippen LogP contribution >= 0.6 is 15.8 Å². The summed E-state index contributed by atoms with van der Waals surface area (Å²) in [5.41, 5.74) is 10.1. The third-order valence-corrected chi connectivity index (χ3v) is 21.0. The van der Waals surface area contributed by atoms with E-state index in [1.807, 2.05) is 36.9 Å². The van der Waals surface area contributed by atoms with Crippen molar-refractivity contribution in [3.63, 3.8) is 0 Å². The van der Waals surface area contributed by atoms with Crippen LogP contribution in [0.15, 0.2) is 110 Å². The van der Waals surface area contributed by atoms with Crippen LogP contribution in [0.1, 0.15) is 88.2 Å². The van der Waals surface area contributed by atoms with E-state index in [1.165, 1.54) is 111 Å². The van der Waals surface area contributed by atoms with Crippen molar-refractivity contribution in [2.45, 2.75) is 99.7 Å². The smallest absolute Gasteiger partial charge is 0.158 e. The summed E-state index contributed by atoms with van der Waals surface area (Å²) in [7, 11) is -1.24. The molecule has 0 radical (unpaired) electrons. The molecule has 0 atom stereocenters. The van der Waals surface area contributed by atoms with E-state index in [0.29, 0.717) is 10.3 Å². The molecule has 2 aromatic heterocycles. The molecule has 54 heavy (non-hydrogen) atoms. The van der Waals surface area contributed by atoms with Crippen molar-refractivity contribution in [2.24, 2.45) is 35.5 Å². The molecule has 0 amide bonds. The molecule has 0 unspecified atom stereocenters. The van der Waals surface area contributed by atoms with E-state index in [1.54, 1.807) is 5.56 Å². The van der Waals surface area contributed by atoms with E-state index in [2.05, 4.69) is 72.8 Å². The predicted molar refractivity (Wildman–Crippen MR) is 224 cm³/mol. The molecule has 8 aliphatic rings. The molecule has 0 N–H and O–H groups in total. The third kappa shape index (κ3) is 6.10. The maximum Gasteiger partial charge on any atom is 0.158 e. The maximum atomic E-state index is 4.88. The fourth-order valence-electron chi connectivity index (χ4n) is 13.8. The Morgan fingerprint density at radius 1 is 0.444 bits per heavy atom. The van der Waals surface area contributed by atoms with Crippen LogP contribution in [0.4, 0.5) is 0 Å². The van der Waals surface area contributed by atoms with Gasteiger partial charge in [0.05, 0.1) is 0 Å². The summed E-state index contributed by atoms with van der Waals surface area (Å²) >= 11 is 0. The van der Waals surface area contributed by atoms with Gasteiger partial charge in [-0.25, -0.2) is 19.9 Å².